The first-order valence-corrected chi connectivity index (χ1v) is 7.14. The maximum absolute atomic E-state index is 4.58. The average molecular weight is 258 g/mol. The van der Waals surface area contributed by atoms with Crippen molar-refractivity contribution in [1.29, 1.82) is 0 Å². The molecular formula is C15H22N4. The zero-order valence-corrected chi connectivity index (χ0v) is 11.5. The number of hydrogen-bond donors (Lipinski definition) is 2. The fraction of sp³-hybridized carbons (Fsp3) is 0.533. The van der Waals surface area contributed by atoms with Crippen LogP contribution in [0, 0.1) is 5.92 Å². The van der Waals surface area contributed by atoms with Crippen LogP contribution in [-0.2, 0) is 6.54 Å². The van der Waals surface area contributed by atoms with Gasteiger partial charge < -0.3 is 15.2 Å². The highest BCUT2D eigenvalue weighted by Gasteiger charge is 2.16. The van der Waals surface area contributed by atoms with Crippen LogP contribution in [-0.4, -0.2) is 41.5 Å². The first-order valence-electron chi connectivity index (χ1n) is 7.14. The van der Waals surface area contributed by atoms with Gasteiger partial charge in [0.2, 0.25) is 0 Å². The number of aromatic amines is 1. The molecule has 1 aliphatic heterocycles. The number of benzene rings is 1. The summed E-state index contributed by atoms with van der Waals surface area (Å²) in [5.41, 5.74) is 2.17. The molecule has 3 rings (SSSR count). The van der Waals surface area contributed by atoms with Gasteiger partial charge in [-0.25, -0.2) is 4.98 Å². The lowest BCUT2D eigenvalue weighted by Gasteiger charge is -2.29. The monoisotopic (exact) mass is 258 g/mol. The molecule has 0 saturated carbocycles. The molecule has 19 heavy (non-hydrogen) atoms. The van der Waals surface area contributed by atoms with E-state index in [9.17, 15) is 0 Å². The normalized spacial score (nSPS) is 21.0. The summed E-state index contributed by atoms with van der Waals surface area (Å²) < 4.78 is 0. The van der Waals surface area contributed by atoms with Crippen molar-refractivity contribution in [3.05, 3.63) is 30.1 Å². The van der Waals surface area contributed by atoms with E-state index in [1.54, 1.807) is 0 Å². The number of H-pyrrole nitrogens is 1. The summed E-state index contributed by atoms with van der Waals surface area (Å²) in [6, 6.07) is 8.18. The molecule has 1 aliphatic rings. The second kappa shape index (κ2) is 5.72. The van der Waals surface area contributed by atoms with Gasteiger partial charge in [-0.1, -0.05) is 12.1 Å². The van der Waals surface area contributed by atoms with Gasteiger partial charge in [-0.2, -0.15) is 0 Å². The Morgan fingerprint density at radius 2 is 2.32 bits per heavy atom. The Kier molecular flexibility index (Phi) is 3.80. The molecule has 2 aromatic rings. The van der Waals surface area contributed by atoms with E-state index >= 15 is 0 Å². The Morgan fingerprint density at radius 1 is 1.42 bits per heavy atom. The van der Waals surface area contributed by atoms with Crippen LogP contribution in [0.4, 0.5) is 0 Å². The summed E-state index contributed by atoms with van der Waals surface area (Å²) >= 11 is 0. The highest BCUT2D eigenvalue weighted by molar-refractivity contribution is 5.74. The van der Waals surface area contributed by atoms with Gasteiger partial charge in [-0.15, -0.1) is 0 Å². The van der Waals surface area contributed by atoms with Crippen molar-refractivity contribution in [2.24, 2.45) is 5.92 Å². The minimum atomic E-state index is 0.781. The van der Waals surface area contributed by atoms with Gasteiger partial charge in [0.1, 0.15) is 5.82 Å². The molecule has 102 valence electrons. The van der Waals surface area contributed by atoms with Crippen LogP contribution < -0.4 is 5.32 Å². The molecule has 0 bridgehead atoms. The number of nitrogens with one attached hydrogen (secondary N) is 2. The van der Waals surface area contributed by atoms with E-state index in [4.69, 9.17) is 0 Å². The van der Waals surface area contributed by atoms with Gasteiger partial charge in [0, 0.05) is 6.54 Å². The number of likely N-dealkylation sites (tertiary alicyclic amines) is 1. The molecule has 1 unspecified atom stereocenters. The Labute approximate surface area is 114 Å². The molecule has 0 amide bonds. The van der Waals surface area contributed by atoms with Crippen LogP contribution in [0.15, 0.2) is 24.3 Å². The molecule has 4 nitrogen and oxygen atoms in total. The zero-order valence-electron chi connectivity index (χ0n) is 11.5. The maximum atomic E-state index is 4.58. The van der Waals surface area contributed by atoms with E-state index in [1.807, 2.05) is 18.2 Å². The SMILES string of the molecule is CN1CCCC(CNCc2nc3ccccc3[nH]2)C1. The summed E-state index contributed by atoms with van der Waals surface area (Å²) in [5, 5.41) is 3.53. The Morgan fingerprint density at radius 3 is 3.16 bits per heavy atom. The number of para-hydroxylation sites is 2. The van der Waals surface area contributed by atoms with Crippen LogP contribution in [0.5, 0.6) is 0 Å². The predicted octanol–water partition coefficient (Wildman–Crippen LogP) is 1.99. The predicted molar refractivity (Wildman–Crippen MR) is 78.0 cm³/mol. The van der Waals surface area contributed by atoms with Crippen molar-refractivity contribution in [2.45, 2.75) is 19.4 Å². The van der Waals surface area contributed by atoms with Gasteiger partial charge in [-0.3, -0.25) is 0 Å². The number of nitrogens with zero attached hydrogens (tertiary/aromatic N) is 2. The lowest BCUT2D eigenvalue weighted by molar-refractivity contribution is 0.206. The highest BCUT2D eigenvalue weighted by Crippen LogP contribution is 2.14. The summed E-state index contributed by atoms with van der Waals surface area (Å²) in [5.74, 6) is 1.81. The molecular weight excluding hydrogens is 236 g/mol. The maximum Gasteiger partial charge on any atom is 0.121 e. The Bertz CT molecular complexity index is 501. The molecule has 1 aromatic carbocycles. The van der Waals surface area contributed by atoms with E-state index < -0.39 is 0 Å². The number of aromatic nitrogens is 2. The third kappa shape index (κ3) is 3.14. The number of piperidine rings is 1. The van der Waals surface area contributed by atoms with Gasteiger partial charge in [0.05, 0.1) is 17.6 Å². The second-order valence-corrected chi connectivity index (χ2v) is 5.60. The van der Waals surface area contributed by atoms with Crippen molar-refractivity contribution < 1.29 is 0 Å². The van der Waals surface area contributed by atoms with Gasteiger partial charge in [-0.05, 0) is 51.0 Å². The second-order valence-electron chi connectivity index (χ2n) is 5.60. The minimum absolute atomic E-state index is 0.781. The van der Waals surface area contributed by atoms with Crippen molar-refractivity contribution >= 4 is 11.0 Å². The van der Waals surface area contributed by atoms with Gasteiger partial charge in [0.15, 0.2) is 0 Å². The van der Waals surface area contributed by atoms with Crippen molar-refractivity contribution in [2.75, 3.05) is 26.7 Å². The molecule has 1 saturated heterocycles. The molecule has 1 fully saturated rings. The summed E-state index contributed by atoms with van der Waals surface area (Å²) in [4.78, 5) is 10.4. The molecule has 4 heteroatoms. The van der Waals surface area contributed by atoms with Gasteiger partial charge >= 0.3 is 0 Å². The van der Waals surface area contributed by atoms with E-state index in [0.717, 1.165) is 35.9 Å². The molecule has 0 aliphatic carbocycles. The number of hydrogen-bond acceptors (Lipinski definition) is 3. The molecule has 0 spiro atoms. The Balaban J connectivity index is 1.51. The zero-order chi connectivity index (χ0) is 13.1. The average Bonchev–Trinajstić information content (AvgIpc) is 2.81. The molecule has 1 atom stereocenters. The lowest BCUT2D eigenvalue weighted by Crippen LogP contribution is -2.37. The fourth-order valence-electron chi connectivity index (χ4n) is 2.92. The highest BCUT2D eigenvalue weighted by atomic mass is 15.1. The fourth-order valence-corrected chi connectivity index (χ4v) is 2.92. The summed E-state index contributed by atoms with van der Waals surface area (Å²) in [7, 11) is 2.21. The van der Waals surface area contributed by atoms with Crippen LogP contribution in [0.25, 0.3) is 11.0 Å². The van der Waals surface area contributed by atoms with Crippen molar-refractivity contribution in [3.63, 3.8) is 0 Å². The first-order chi connectivity index (χ1) is 9.31. The number of imidazole rings is 1. The molecule has 2 N–H and O–H groups in total. The Hall–Kier alpha value is -1.39. The molecule has 2 heterocycles. The van der Waals surface area contributed by atoms with E-state index in [1.165, 1.54) is 25.9 Å². The quantitative estimate of drug-likeness (QED) is 0.881. The van der Waals surface area contributed by atoms with E-state index in [0.29, 0.717) is 0 Å². The summed E-state index contributed by atoms with van der Waals surface area (Å²) in [6.07, 6.45) is 2.67. The topological polar surface area (TPSA) is 44.0 Å². The minimum Gasteiger partial charge on any atom is -0.341 e. The largest absolute Gasteiger partial charge is 0.341 e. The number of fused-ring (bicyclic) bond motifs is 1. The third-order valence-corrected chi connectivity index (χ3v) is 3.89. The van der Waals surface area contributed by atoms with Crippen LogP contribution in [0.3, 0.4) is 0 Å². The summed E-state index contributed by atoms with van der Waals surface area (Å²) in [6.45, 7) is 4.38. The van der Waals surface area contributed by atoms with Crippen LogP contribution in [0.2, 0.25) is 0 Å². The molecule has 0 radical (unpaired) electrons. The van der Waals surface area contributed by atoms with Crippen LogP contribution >= 0.6 is 0 Å². The van der Waals surface area contributed by atoms with Crippen molar-refractivity contribution in [3.8, 4) is 0 Å². The smallest absolute Gasteiger partial charge is 0.121 e. The van der Waals surface area contributed by atoms with Crippen molar-refractivity contribution in [1.82, 2.24) is 20.2 Å². The van der Waals surface area contributed by atoms with E-state index in [-0.39, 0.29) is 0 Å². The lowest BCUT2D eigenvalue weighted by atomic mass is 9.98. The van der Waals surface area contributed by atoms with E-state index in [2.05, 4.69) is 33.3 Å². The number of rotatable bonds is 4. The van der Waals surface area contributed by atoms with Crippen LogP contribution in [0.1, 0.15) is 18.7 Å². The first kappa shape index (κ1) is 12.6. The third-order valence-electron chi connectivity index (χ3n) is 3.89. The van der Waals surface area contributed by atoms with Gasteiger partial charge in [0.25, 0.3) is 0 Å². The standard InChI is InChI=1S/C15H22N4/c1-19-8-4-5-12(11-19)9-16-10-15-17-13-6-2-3-7-14(13)18-15/h2-3,6-7,12,16H,4-5,8-11H2,1H3,(H,17,18). The molecule has 1 aromatic heterocycles.